The van der Waals surface area contributed by atoms with Crippen molar-refractivity contribution in [3.05, 3.63) is 16.1 Å². The van der Waals surface area contributed by atoms with E-state index in [1.807, 2.05) is 13.1 Å². The van der Waals surface area contributed by atoms with Gasteiger partial charge in [-0.05, 0) is 12.3 Å². The summed E-state index contributed by atoms with van der Waals surface area (Å²) >= 11 is 1.74. The van der Waals surface area contributed by atoms with Gasteiger partial charge in [0.2, 0.25) is 0 Å². The van der Waals surface area contributed by atoms with Gasteiger partial charge in [0, 0.05) is 18.2 Å². The Morgan fingerprint density at radius 3 is 2.46 bits per heavy atom. The Hall–Kier alpha value is -0.410. The van der Waals surface area contributed by atoms with Crippen molar-refractivity contribution >= 4 is 11.3 Å². The van der Waals surface area contributed by atoms with Crippen LogP contribution in [0.5, 0.6) is 0 Å². The molecule has 0 spiro atoms. The van der Waals surface area contributed by atoms with Gasteiger partial charge < -0.3 is 4.74 Å². The van der Waals surface area contributed by atoms with E-state index in [1.54, 1.807) is 18.4 Å². The molecule has 0 fully saturated rings. The van der Waals surface area contributed by atoms with Crippen molar-refractivity contribution in [1.29, 1.82) is 0 Å². The van der Waals surface area contributed by atoms with Gasteiger partial charge in [0.15, 0.2) is 0 Å². The molecule has 1 atom stereocenters. The molecule has 2 nitrogen and oxygen atoms in total. The van der Waals surface area contributed by atoms with Crippen LogP contribution in [0.25, 0.3) is 0 Å². The van der Waals surface area contributed by atoms with Crippen LogP contribution in [-0.2, 0) is 10.2 Å². The lowest BCUT2D eigenvalue weighted by Gasteiger charge is -2.14. The minimum atomic E-state index is 0.112. The molecule has 13 heavy (non-hydrogen) atoms. The van der Waals surface area contributed by atoms with Gasteiger partial charge in [-0.15, -0.1) is 11.3 Å². The number of nitrogens with zero attached hydrogens (tertiary/aromatic N) is 1. The summed E-state index contributed by atoms with van der Waals surface area (Å²) in [6.07, 6.45) is 2.07. The van der Waals surface area contributed by atoms with Crippen LogP contribution in [0.15, 0.2) is 6.20 Å². The van der Waals surface area contributed by atoms with Crippen molar-refractivity contribution in [2.45, 2.75) is 39.2 Å². The molecule has 0 N–H and O–H groups in total. The molecule has 1 rings (SSSR count). The van der Waals surface area contributed by atoms with E-state index in [9.17, 15) is 0 Å². The smallest absolute Gasteiger partial charge is 0.121 e. The fourth-order valence-electron chi connectivity index (χ4n) is 0.923. The Bertz CT molecular complexity index is 275. The number of rotatable bonds is 2. The molecule has 1 unspecified atom stereocenters. The Balaban J connectivity index is 2.87. The van der Waals surface area contributed by atoms with Crippen molar-refractivity contribution in [1.82, 2.24) is 4.98 Å². The quantitative estimate of drug-likeness (QED) is 0.730. The Kier molecular flexibility index (Phi) is 3.09. The van der Waals surface area contributed by atoms with Gasteiger partial charge >= 0.3 is 0 Å². The molecule has 74 valence electrons. The number of methoxy groups -OCH3 is 1. The van der Waals surface area contributed by atoms with Crippen LogP contribution in [0.2, 0.25) is 0 Å². The highest BCUT2D eigenvalue weighted by Crippen LogP contribution is 2.30. The van der Waals surface area contributed by atoms with Crippen LogP contribution in [0.1, 0.15) is 43.7 Å². The molecule has 1 aromatic heterocycles. The van der Waals surface area contributed by atoms with Gasteiger partial charge in [0.25, 0.3) is 0 Å². The molecule has 0 amide bonds. The predicted octanol–water partition coefficient (Wildman–Crippen LogP) is 3.15. The van der Waals surface area contributed by atoms with Gasteiger partial charge in [-0.3, -0.25) is 0 Å². The highest BCUT2D eigenvalue weighted by atomic mass is 32.1. The van der Waals surface area contributed by atoms with Gasteiger partial charge in [0.05, 0.1) is 0 Å². The molecule has 0 aromatic carbocycles. The van der Waals surface area contributed by atoms with E-state index < -0.39 is 0 Å². The second kappa shape index (κ2) is 3.76. The van der Waals surface area contributed by atoms with Crippen LogP contribution in [0, 0.1) is 0 Å². The lowest BCUT2D eigenvalue weighted by Crippen LogP contribution is -2.07. The van der Waals surface area contributed by atoms with Crippen molar-refractivity contribution in [2.75, 3.05) is 7.11 Å². The first-order valence-corrected chi connectivity index (χ1v) is 5.26. The highest BCUT2D eigenvalue weighted by molar-refractivity contribution is 7.11. The third kappa shape index (κ3) is 2.51. The molecule has 3 heteroatoms. The number of hydrogen-bond donors (Lipinski definition) is 0. The Morgan fingerprint density at radius 1 is 1.46 bits per heavy atom. The monoisotopic (exact) mass is 199 g/mol. The second-order valence-electron chi connectivity index (χ2n) is 4.19. The van der Waals surface area contributed by atoms with E-state index in [-0.39, 0.29) is 11.5 Å². The predicted molar refractivity (Wildman–Crippen MR) is 56.2 cm³/mol. The van der Waals surface area contributed by atoms with E-state index in [2.05, 4.69) is 25.8 Å². The lowest BCUT2D eigenvalue weighted by molar-refractivity contribution is 0.119. The summed E-state index contributed by atoms with van der Waals surface area (Å²) in [6, 6.07) is 0. The molecule has 0 aliphatic carbocycles. The van der Waals surface area contributed by atoms with Crippen LogP contribution >= 0.6 is 11.3 Å². The van der Waals surface area contributed by atoms with Gasteiger partial charge in [0.1, 0.15) is 11.1 Å². The fourth-order valence-corrected chi connectivity index (χ4v) is 1.93. The number of thiazole rings is 1. The molecule has 0 saturated heterocycles. The van der Waals surface area contributed by atoms with Crippen LogP contribution in [0.4, 0.5) is 0 Å². The fraction of sp³-hybridized carbons (Fsp3) is 0.700. The standard InChI is InChI=1S/C10H17NOS/c1-7(12-5)9-11-6-8(13-9)10(2,3)4/h6-7H,1-5H3. The second-order valence-corrected chi connectivity index (χ2v) is 5.25. The highest BCUT2D eigenvalue weighted by Gasteiger charge is 2.18. The maximum Gasteiger partial charge on any atom is 0.121 e. The van der Waals surface area contributed by atoms with E-state index in [4.69, 9.17) is 4.74 Å². The normalized spacial score (nSPS) is 14.5. The summed E-state index contributed by atoms with van der Waals surface area (Å²) < 4.78 is 5.21. The molecule has 0 bridgehead atoms. The maximum absolute atomic E-state index is 5.21. The third-order valence-electron chi connectivity index (χ3n) is 1.96. The molecule has 0 saturated carbocycles. The zero-order chi connectivity index (χ0) is 10.1. The van der Waals surface area contributed by atoms with Crippen LogP contribution in [-0.4, -0.2) is 12.1 Å². The van der Waals surface area contributed by atoms with Crippen molar-refractivity contribution in [3.8, 4) is 0 Å². The minimum Gasteiger partial charge on any atom is -0.375 e. The van der Waals surface area contributed by atoms with Gasteiger partial charge in [-0.2, -0.15) is 0 Å². The van der Waals surface area contributed by atoms with E-state index in [1.165, 1.54) is 4.88 Å². The molecule has 0 aliphatic rings. The number of aromatic nitrogens is 1. The van der Waals surface area contributed by atoms with E-state index in [0.29, 0.717) is 0 Å². The molecular weight excluding hydrogens is 182 g/mol. The summed E-state index contributed by atoms with van der Waals surface area (Å²) in [6.45, 7) is 8.61. The van der Waals surface area contributed by atoms with Crippen molar-refractivity contribution in [3.63, 3.8) is 0 Å². The first kappa shape index (κ1) is 10.7. The SMILES string of the molecule is COC(C)c1ncc(C(C)(C)C)s1. The summed E-state index contributed by atoms with van der Waals surface area (Å²) in [5.41, 5.74) is 0.198. The number of hydrogen-bond acceptors (Lipinski definition) is 3. The van der Waals surface area contributed by atoms with Gasteiger partial charge in [-0.1, -0.05) is 20.8 Å². The zero-order valence-electron chi connectivity index (χ0n) is 8.92. The first-order chi connectivity index (χ1) is 5.95. The van der Waals surface area contributed by atoms with Crippen LogP contribution < -0.4 is 0 Å². The molecular formula is C10H17NOS. The zero-order valence-corrected chi connectivity index (χ0v) is 9.73. The average molecular weight is 199 g/mol. The van der Waals surface area contributed by atoms with Crippen LogP contribution in [0.3, 0.4) is 0 Å². The summed E-state index contributed by atoms with van der Waals surface area (Å²) in [4.78, 5) is 5.66. The lowest BCUT2D eigenvalue weighted by atomic mass is 9.96. The molecule has 1 aromatic rings. The summed E-state index contributed by atoms with van der Waals surface area (Å²) in [5, 5.41) is 1.06. The largest absolute Gasteiger partial charge is 0.375 e. The topological polar surface area (TPSA) is 22.1 Å². The minimum absolute atomic E-state index is 0.112. The number of ether oxygens (including phenoxy) is 1. The van der Waals surface area contributed by atoms with E-state index in [0.717, 1.165) is 5.01 Å². The maximum atomic E-state index is 5.21. The first-order valence-electron chi connectivity index (χ1n) is 4.44. The Morgan fingerprint density at radius 2 is 2.08 bits per heavy atom. The molecule has 0 radical (unpaired) electrons. The summed E-state index contributed by atoms with van der Waals surface area (Å²) in [7, 11) is 1.71. The van der Waals surface area contributed by atoms with Crippen molar-refractivity contribution < 1.29 is 4.74 Å². The average Bonchev–Trinajstić information content (AvgIpc) is 2.50. The summed E-state index contributed by atoms with van der Waals surface area (Å²) in [5.74, 6) is 0. The molecule has 1 heterocycles. The van der Waals surface area contributed by atoms with Crippen molar-refractivity contribution in [2.24, 2.45) is 0 Å². The van der Waals surface area contributed by atoms with Gasteiger partial charge in [-0.25, -0.2) is 4.98 Å². The Labute approximate surface area is 84.0 Å². The third-order valence-corrected chi connectivity index (χ3v) is 3.55. The van der Waals surface area contributed by atoms with E-state index >= 15 is 0 Å². The molecule has 0 aliphatic heterocycles.